The van der Waals surface area contributed by atoms with Crippen LogP contribution in [0.5, 0.6) is 0 Å². The zero-order valence-corrected chi connectivity index (χ0v) is 16.6. The molecule has 0 radical (unpaired) electrons. The molecule has 0 fully saturated rings. The fourth-order valence-corrected chi connectivity index (χ4v) is 2.54. The number of benzene rings is 1. The Balaban J connectivity index is 1.87. The van der Waals surface area contributed by atoms with Gasteiger partial charge in [0.15, 0.2) is 5.69 Å². The van der Waals surface area contributed by atoms with Gasteiger partial charge in [-0.2, -0.15) is 0 Å². The van der Waals surface area contributed by atoms with Crippen LogP contribution >= 0.6 is 11.6 Å². The highest BCUT2D eigenvalue weighted by Crippen LogP contribution is 2.17. The minimum absolute atomic E-state index is 0.0250. The molecule has 1 amide bonds. The van der Waals surface area contributed by atoms with Gasteiger partial charge in [0.25, 0.3) is 11.6 Å². The lowest BCUT2D eigenvalue weighted by Gasteiger charge is -2.17. The van der Waals surface area contributed by atoms with E-state index in [1.165, 1.54) is 18.3 Å². The van der Waals surface area contributed by atoms with Gasteiger partial charge in [-0.3, -0.25) is 14.9 Å². The lowest BCUT2D eigenvalue weighted by Crippen LogP contribution is -2.30. The van der Waals surface area contributed by atoms with Crippen LogP contribution in [0.3, 0.4) is 0 Å². The van der Waals surface area contributed by atoms with Crippen LogP contribution in [0.4, 0.5) is 17.3 Å². The van der Waals surface area contributed by atoms with Crippen molar-refractivity contribution < 1.29 is 9.72 Å². The summed E-state index contributed by atoms with van der Waals surface area (Å²) in [6.45, 7) is 3.66. The fourth-order valence-electron chi connectivity index (χ4n) is 2.36. The third-order valence-electron chi connectivity index (χ3n) is 3.95. The standard InChI is InChI=1S/C18H23ClN6O3/c1-3-4-11-24(2)18-22-12-15(19)16(23-18)17(26)21-10-9-20-13-5-7-14(8-6-13)25(27)28/h5-8,12,20H,3-4,9-11H2,1-2H3,(H,21,26). The summed E-state index contributed by atoms with van der Waals surface area (Å²) in [4.78, 5) is 32.9. The second-order valence-corrected chi connectivity index (χ2v) is 6.54. The zero-order valence-electron chi connectivity index (χ0n) is 15.8. The summed E-state index contributed by atoms with van der Waals surface area (Å²) < 4.78 is 0. The monoisotopic (exact) mass is 406 g/mol. The number of rotatable bonds is 10. The van der Waals surface area contributed by atoms with E-state index in [0.29, 0.717) is 19.0 Å². The van der Waals surface area contributed by atoms with Crippen LogP contribution in [0, 0.1) is 10.1 Å². The van der Waals surface area contributed by atoms with Crippen LogP contribution in [-0.4, -0.2) is 47.5 Å². The summed E-state index contributed by atoms with van der Waals surface area (Å²) in [7, 11) is 1.87. The molecule has 1 aromatic heterocycles. The summed E-state index contributed by atoms with van der Waals surface area (Å²) >= 11 is 6.07. The summed E-state index contributed by atoms with van der Waals surface area (Å²) in [5, 5.41) is 16.6. The van der Waals surface area contributed by atoms with E-state index in [-0.39, 0.29) is 22.3 Å². The first kappa shape index (κ1) is 21.4. The van der Waals surface area contributed by atoms with Crippen LogP contribution < -0.4 is 15.5 Å². The van der Waals surface area contributed by atoms with Crippen molar-refractivity contribution in [1.29, 1.82) is 0 Å². The first-order valence-corrected chi connectivity index (χ1v) is 9.30. The number of unbranched alkanes of at least 4 members (excludes halogenated alkanes) is 1. The number of nitro groups is 1. The van der Waals surface area contributed by atoms with Crippen molar-refractivity contribution in [3.05, 3.63) is 51.3 Å². The third-order valence-corrected chi connectivity index (χ3v) is 4.23. The molecule has 1 aromatic carbocycles. The average molecular weight is 407 g/mol. The Morgan fingerprint density at radius 2 is 2.00 bits per heavy atom. The highest BCUT2D eigenvalue weighted by atomic mass is 35.5. The largest absolute Gasteiger partial charge is 0.383 e. The second kappa shape index (κ2) is 10.4. The predicted octanol–water partition coefficient (Wildman–Crippen LogP) is 3.12. The molecule has 0 saturated heterocycles. The van der Waals surface area contributed by atoms with Gasteiger partial charge in [-0.05, 0) is 18.6 Å². The Hall–Kier alpha value is -2.94. The second-order valence-electron chi connectivity index (χ2n) is 6.13. The predicted molar refractivity (Wildman–Crippen MR) is 109 cm³/mol. The number of carbonyl (C=O) groups excluding carboxylic acids is 1. The third kappa shape index (κ3) is 6.05. The zero-order chi connectivity index (χ0) is 20.5. The van der Waals surface area contributed by atoms with Crippen molar-refractivity contribution in [3.63, 3.8) is 0 Å². The maximum atomic E-state index is 12.4. The van der Waals surface area contributed by atoms with Crippen LogP contribution in [-0.2, 0) is 0 Å². The number of nitrogens with one attached hydrogen (secondary N) is 2. The van der Waals surface area contributed by atoms with Crippen molar-refractivity contribution in [2.24, 2.45) is 0 Å². The van der Waals surface area contributed by atoms with E-state index in [2.05, 4.69) is 27.5 Å². The van der Waals surface area contributed by atoms with Crippen LogP contribution in [0.25, 0.3) is 0 Å². The van der Waals surface area contributed by atoms with E-state index >= 15 is 0 Å². The molecular formula is C18H23ClN6O3. The van der Waals surface area contributed by atoms with Crippen LogP contribution in [0.1, 0.15) is 30.3 Å². The van der Waals surface area contributed by atoms with E-state index in [9.17, 15) is 14.9 Å². The minimum atomic E-state index is -0.455. The first-order chi connectivity index (χ1) is 13.4. The van der Waals surface area contributed by atoms with Gasteiger partial charge in [0, 0.05) is 44.5 Å². The molecule has 2 N–H and O–H groups in total. The molecule has 150 valence electrons. The highest BCUT2D eigenvalue weighted by molar-refractivity contribution is 6.33. The molecule has 9 nitrogen and oxygen atoms in total. The normalized spacial score (nSPS) is 10.4. The van der Waals surface area contributed by atoms with E-state index in [0.717, 1.165) is 25.1 Å². The Kier molecular flexibility index (Phi) is 7.94. The SMILES string of the molecule is CCCCN(C)c1ncc(Cl)c(C(=O)NCCNc2ccc([N+](=O)[O-])cc2)n1. The van der Waals surface area contributed by atoms with Crippen LogP contribution in [0.2, 0.25) is 5.02 Å². The number of nitro benzene ring substituents is 1. The van der Waals surface area contributed by atoms with E-state index in [1.54, 1.807) is 12.1 Å². The number of aromatic nitrogens is 2. The van der Waals surface area contributed by atoms with Gasteiger partial charge in [-0.25, -0.2) is 9.97 Å². The average Bonchev–Trinajstić information content (AvgIpc) is 2.69. The van der Waals surface area contributed by atoms with Crippen molar-refractivity contribution >= 4 is 34.8 Å². The summed E-state index contributed by atoms with van der Waals surface area (Å²) in [6.07, 6.45) is 3.47. The van der Waals surface area contributed by atoms with Gasteiger partial charge in [0.1, 0.15) is 0 Å². The Labute approximate surface area is 168 Å². The number of halogens is 1. The number of anilines is 2. The Morgan fingerprint density at radius 3 is 2.64 bits per heavy atom. The van der Waals surface area contributed by atoms with Crippen molar-refractivity contribution in [2.75, 3.05) is 36.9 Å². The lowest BCUT2D eigenvalue weighted by atomic mass is 10.3. The van der Waals surface area contributed by atoms with E-state index in [1.807, 2.05) is 11.9 Å². The first-order valence-electron chi connectivity index (χ1n) is 8.92. The molecule has 0 saturated carbocycles. The van der Waals surface area contributed by atoms with Crippen molar-refractivity contribution in [3.8, 4) is 0 Å². The summed E-state index contributed by atoms with van der Waals surface area (Å²) in [5.41, 5.74) is 0.877. The smallest absolute Gasteiger partial charge is 0.271 e. The molecule has 0 aliphatic rings. The maximum Gasteiger partial charge on any atom is 0.271 e. The topological polar surface area (TPSA) is 113 Å². The molecule has 10 heteroatoms. The fraction of sp³-hybridized carbons (Fsp3) is 0.389. The number of hydrogen-bond donors (Lipinski definition) is 2. The molecule has 0 bridgehead atoms. The molecule has 2 aromatic rings. The number of carbonyl (C=O) groups is 1. The molecular weight excluding hydrogens is 384 g/mol. The van der Waals surface area contributed by atoms with Crippen molar-refractivity contribution in [2.45, 2.75) is 19.8 Å². The van der Waals surface area contributed by atoms with E-state index < -0.39 is 4.92 Å². The molecule has 28 heavy (non-hydrogen) atoms. The van der Waals surface area contributed by atoms with Crippen molar-refractivity contribution in [1.82, 2.24) is 15.3 Å². The van der Waals surface area contributed by atoms with Gasteiger partial charge in [0.2, 0.25) is 5.95 Å². The number of non-ortho nitro benzene ring substituents is 1. The Morgan fingerprint density at radius 1 is 1.29 bits per heavy atom. The van der Waals surface area contributed by atoms with Gasteiger partial charge < -0.3 is 15.5 Å². The van der Waals surface area contributed by atoms with Crippen LogP contribution in [0.15, 0.2) is 30.5 Å². The maximum absolute atomic E-state index is 12.4. The molecule has 0 atom stereocenters. The molecule has 0 spiro atoms. The van der Waals surface area contributed by atoms with E-state index in [4.69, 9.17) is 11.6 Å². The number of hydrogen-bond acceptors (Lipinski definition) is 7. The lowest BCUT2D eigenvalue weighted by molar-refractivity contribution is -0.384. The number of amides is 1. The van der Waals surface area contributed by atoms with Gasteiger partial charge in [0.05, 0.1) is 16.1 Å². The highest BCUT2D eigenvalue weighted by Gasteiger charge is 2.15. The van der Waals surface area contributed by atoms with Gasteiger partial charge in [-0.1, -0.05) is 24.9 Å². The summed E-state index contributed by atoms with van der Waals surface area (Å²) in [5.74, 6) is 0.0649. The number of nitrogens with zero attached hydrogens (tertiary/aromatic N) is 4. The quantitative estimate of drug-likeness (QED) is 0.354. The van der Waals surface area contributed by atoms with Gasteiger partial charge in [-0.15, -0.1) is 0 Å². The Bertz CT molecular complexity index is 815. The molecule has 0 aliphatic heterocycles. The summed E-state index contributed by atoms with van der Waals surface area (Å²) in [6, 6.07) is 6.05. The minimum Gasteiger partial charge on any atom is -0.383 e. The molecule has 2 rings (SSSR count). The molecule has 0 unspecified atom stereocenters. The van der Waals surface area contributed by atoms with Gasteiger partial charge >= 0.3 is 0 Å². The molecule has 0 aliphatic carbocycles. The molecule has 1 heterocycles.